The van der Waals surface area contributed by atoms with E-state index in [2.05, 4.69) is 20.5 Å². The van der Waals surface area contributed by atoms with Crippen LogP contribution in [0.25, 0.3) is 11.5 Å². The Labute approximate surface area is 152 Å². The predicted molar refractivity (Wildman–Crippen MR) is 97.2 cm³/mol. The van der Waals surface area contributed by atoms with Crippen LogP contribution in [0.4, 0.5) is 5.13 Å². The summed E-state index contributed by atoms with van der Waals surface area (Å²) in [6.07, 6.45) is 0. The van der Waals surface area contributed by atoms with Crippen molar-refractivity contribution in [3.63, 3.8) is 0 Å². The van der Waals surface area contributed by atoms with E-state index in [4.69, 9.17) is 9.15 Å². The Balaban J connectivity index is 1.56. The first kappa shape index (κ1) is 17.4. The van der Waals surface area contributed by atoms with E-state index < -0.39 is 0 Å². The molecule has 1 aromatic carbocycles. The quantitative estimate of drug-likeness (QED) is 0.658. The lowest BCUT2D eigenvalue weighted by molar-refractivity contribution is -0.113. The number of methoxy groups -OCH3 is 1. The minimum absolute atomic E-state index is 0.164. The highest BCUT2D eigenvalue weighted by atomic mass is 32.2. The van der Waals surface area contributed by atoms with Gasteiger partial charge in [-0.05, 0) is 38.1 Å². The molecule has 0 saturated carbocycles. The zero-order valence-corrected chi connectivity index (χ0v) is 15.5. The third-order valence-corrected chi connectivity index (χ3v) is 5.15. The lowest BCUT2D eigenvalue weighted by Crippen LogP contribution is -2.13. The number of thiazole rings is 1. The van der Waals surface area contributed by atoms with Gasteiger partial charge in [0.25, 0.3) is 5.22 Å². The van der Waals surface area contributed by atoms with Crippen molar-refractivity contribution in [1.82, 2.24) is 15.2 Å². The molecule has 0 fully saturated rings. The molecule has 25 heavy (non-hydrogen) atoms. The Hall–Kier alpha value is -2.39. The molecule has 0 atom stereocenters. The molecule has 2 aromatic heterocycles. The summed E-state index contributed by atoms with van der Waals surface area (Å²) in [4.78, 5) is 17.4. The van der Waals surface area contributed by atoms with Crippen LogP contribution in [0.15, 0.2) is 33.9 Å². The third-order valence-electron chi connectivity index (χ3n) is 3.35. The van der Waals surface area contributed by atoms with Crippen LogP contribution in [0.5, 0.6) is 5.75 Å². The summed E-state index contributed by atoms with van der Waals surface area (Å²) in [7, 11) is 1.61. The molecule has 1 amide bonds. The number of aromatic nitrogens is 3. The van der Waals surface area contributed by atoms with Crippen LogP contribution in [0, 0.1) is 13.8 Å². The third kappa shape index (κ3) is 4.37. The van der Waals surface area contributed by atoms with E-state index in [1.807, 2.05) is 38.1 Å². The van der Waals surface area contributed by atoms with Gasteiger partial charge in [0.15, 0.2) is 5.13 Å². The fourth-order valence-electron chi connectivity index (χ4n) is 1.93. The number of carbonyl (C=O) groups is 1. The second kappa shape index (κ2) is 7.66. The van der Waals surface area contributed by atoms with Crippen LogP contribution in [0.3, 0.4) is 0 Å². The lowest BCUT2D eigenvalue weighted by Gasteiger charge is -1.99. The first-order valence-electron chi connectivity index (χ1n) is 7.40. The maximum Gasteiger partial charge on any atom is 0.277 e. The molecule has 1 N–H and O–H groups in total. The second-order valence-electron chi connectivity index (χ2n) is 5.10. The second-order valence-corrected chi connectivity index (χ2v) is 7.23. The van der Waals surface area contributed by atoms with Gasteiger partial charge in [0.1, 0.15) is 5.75 Å². The SMILES string of the molecule is COc1ccc(-c2nnc(SCC(=O)Nc3nc(C)c(C)s3)o2)cc1. The molecule has 7 nitrogen and oxygen atoms in total. The van der Waals surface area contributed by atoms with E-state index in [9.17, 15) is 4.79 Å². The van der Waals surface area contributed by atoms with Crippen molar-refractivity contribution >= 4 is 34.1 Å². The summed E-state index contributed by atoms with van der Waals surface area (Å²) in [6.45, 7) is 3.88. The summed E-state index contributed by atoms with van der Waals surface area (Å²) in [5, 5.41) is 11.7. The zero-order valence-electron chi connectivity index (χ0n) is 13.9. The average molecular weight is 376 g/mol. The largest absolute Gasteiger partial charge is 0.497 e. The Morgan fingerprint density at radius 2 is 2.04 bits per heavy atom. The fourth-order valence-corrected chi connectivity index (χ4v) is 3.32. The molecule has 0 saturated heterocycles. The molecule has 0 radical (unpaired) electrons. The molecular formula is C16H16N4O3S2. The highest BCUT2D eigenvalue weighted by Gasteiger charge is 2.13. The molecule has 0 unspecified atom stereocenters. The molecule has 3 aromatic rings. The summed E-state index contributed by atoms with van der Waals surface area (Å²) in [5.74, 6) is 1.16. The van der Waals surface area contributed by atoms with Crippen LogP contribution in [0.1, 0.15) is 10.6 Å². The first-order valence-corrected chi connectivity index (χ1v) is 9.20. The average Bonchev–Trinajstić information content (AvgIpc) is 3.20. The number of nitrogens with zero attached hydrogens (tertiary/aromatic N) is 3. The number of rotatable bonds is 6. The molecule has 9 heteroatoms. The number of ether oxygens (including phenoxy) is 1. The van der Waals surface area contributed by atoms with Crippen molar-refractivity contribution < 1.29 is 13.9 Å². The van der Waals surface area contributed by atoms with Crippen LogP contribution in [0.2, 0.25) is 0 Å². The summed E-state index contributed by atoms with van der Waals surface area (Å²) in [6, 6.07) is 7.30. The first-order chi connectivity index (χ1) is 12.0. The molecular weight excluding hydrogens is 360 g/mol. The van der Waals surface area contributed by atoms with E-state index >= 15 is 0 Å². The fraction of sp³-hybridized carbons (Fsp3) is 0.250. The summed E-state index contributed by atoms with van der Waals surface area (Å²) >= 11 is 2.64. The Morgan fingerprint density at radius 3 is 2.68 bits per heavy atom. The van der Waals surface area contributed by atoms with Gasteiger partial charge in [-0.1, -0.05) is 11.8 Å². The predicted octanol–water partition coefficient (Wildman–Crippen LogP) is 3.55. The number of aryl methyl sites for hydroxylation is 2. The van der Waals surface area contributed by atoms with E-state index in [1.165, 1.54) is 23.1 Å². The van der Waals surface area contributed by atoms with Crippen molar-refractivity contribution in [1.29, 1.82) is 0 Å². The van der Waals surface area contributed by atoms with Gasteiger partial charge < -0.3 is 14.5 Å². The molecule has 130 valence electrons. The number of benzene rings is 1. The van der Waals surface area contributed by atoms with Gasteiger partial charge in [0, 0.05) is 10.4 Å². The maximum absolute atomic E-state index is 12.0. The highest BCUT2D eigenvalue weighted by Crippen LogP contribution is 2.25. The van der Waals surface area contributed by atoms with E-state index in [-0.39, 0.29) is 11.7 Å². The molecule has 0 aliphatic heterocycles. The number of amides is 1. The Morgan fingerprint density at radius 1 is 1.28 bits per heavy atom. The monoisotopic (exact) mass is 376 g/mol. The van der Waals surface area contributed by atoms with Crippen LogP contribution in [-0.2, 0) is 4.79 Å². The van der Waals surface area contributed by atoms with Gasteiger partial charge in [-0.25, -0.2) is 4.98 Å². The van der Waals surface area contributed by atoms with Gasteiger partial charge in [0.05, 0.1) is 18.6 Å². The highest BCUT2D eigenvalue weighted by molar-refractivity contribution is 7.99. The number of anilines is 1. The summed E-state index contributed by atoms with van der Waals surface area (Å²) < 4.78 is 10.7. The van der Waals surface area contributed by atoms with Gasteiger partial charge in [-0.3, -0.25) is 4.79 Å². The standard InChI is InChI=1S/C16H16N4O3S2/c1-9-10(2)25-15(17-9)18-13(21)8-24-16-20-19-14(23-16)11-4-6-12(22-3)7-5-11/h4-7H,8H2,1-3H3,(H,17,18,21). The molecule has 0 aliphatic rings. The van der Waals surface area contributed by atoms with Gasteiger partial charge in [0.2, 0.25) is 11.8 Å². The van der Waals surface area contributed by atoms with Crippen LogP contribution < -0.4 is 10.1 Å². The van der Waals surface area contributed by atoms with Crippen LogP contribution in [-0.4, -0.2) is 34.0 Å². The zero-order chi connectivity index (χ0) is 17.8. The van der Waals surface area contributed by atoms with E-state index in [1.54, 1.807) is 7.11 Å². The number of thioether (sulfide) groups is 1. The normalized spacial score (nSPS) is 10.7. The number of carbonyl (C=O) groups excluding carboxylic acids is 1. The van der Waals surface area contributed by atoms with Crippen molar-refractivity contribution in [3.05, 3.63) is 34.8 Å². The molecule has 0 bridgehead atoms. The van der Waals surface area contributed by atoms with Gasteiger partial charge >= 0.3 is 0 Å². The lowest BCUT2D eigenvalue weighted by atomic mass is 10.2. The van der Waals surface area contributed by atoms with Crippen molar-refractivity contribution in [2.24, 2.45) is 0 Å². The maximum atomic E-state index is 12.0. The minimum atomic E-state index is -0.164. The minimum Gasteiger partial charge on any atom is -0.497 e. The number of hydrogen-bond donors (Lipinski definition) is 1. The van der Waals surface area contributed by atoms with Gasteiger partial charge in [-0.2, -0.15) is 0 Å². The number of nitrogens with one attached hydrogen (secondary N) is 1. The smallest absolute Gasteiger partial charge is 0.277 e. The van der Waals surface area contributed by atoms with E-state index in [0.717, 1.165) is 21.9 Å². The van der Waals surface area contributed by atoms with Crippen LogP contribution >= 0.6 is 23.1 Å². The Kier molecular flexibility index (Phi) is 5.34. The van der Waals surface area contributed by atoms with E-state index in [0.29, 0.717) is 16.2 Å². The topological polar surface area (TPSA) is 90.1 Å². The molecule has 2 heterocycles. The van der Waals surface area contributed by atoms with Crippen molar-refractivity contribution in [2.75, 3.05) is 18.2 Å². The van der Waals surface area contributed by atoms with Gasteiger partial charge in [-0.15, -0.1) is 21.5 Å². The molecule has 0 spiro atoms. The summed E-state index contributed by atoms with van der Waals surface area (Å²) in [5.41, 5.74) is 1.72. The molecule has 0 aliphatic carbocycles. The molecule has 3 rings (SSSR count). The Bertz CT molecular complexity index is 854. The van der Waals surface area contributed by atoms with Crippen molar-refractivity contribution in [3.8, 4) is 17.2 Å². The number of hydrogen-bond acceptors (Lipinski definition) is 8. The van der Waals surface area contributed by atoms with Crippen molar-refractivity contribution in [2.45, 2.75) is 19.1 Å².